The molecule has 0 aliphatic rings. The van der Waals surface area contributed by atoms with Crippen LogP contribution in [0.3, 0.4) is 0 Å². The molecule has 3 rings (SSSR count). The lowest BCUT2D eigenvalue weighted by molar-refractivity contribution is 0.237. The summed E-state index contributed by atoms with van der Waals surface area (Å²) in [6, 6.07) is 11.6. The van der Waals surface area contributed by atoms with E-state index in [1.165, 1.54) is 0 Å². The molecule has 6 heteroatoms. The van der Waals surface area contributed by atoms with Gasteiger partial charge < -0.3 is 10.6 Å². The number of carbonyl (C=O) groups excluding carboxylic acids is 1. The maximum atomic E-state index is 11.9. The van der Waals surface area contributed by atoms with E-state index >= 15 is 0 Å². The first-order valence-corrected chi connectivity index (χ1v) is 8.32. The molecule has 3 aromatic rings. The summed E-state index contributed by atoms with van der Waals surface area (Å²) in [4.78, 5) is 11.9. The van der Waals surface area contributed by atoms with Gasteiger partial charge in [0.05, 0.1) is 11.7 Å². The summed E-state index contributed by atoms with van der Waals surface area (Å²) >= 11 is 1.62. The van der Waals surface area contributed by atoms with Gasteiger partial charge in [0.1, 0.15) is 0 Å². The van der Waals surface area contributed by atoms with E-state index in [9.17, 15) is 4.79 Å². The molecule has 2 heterocycles. The number of aromatic nitrogens is 2. The lowest BCUT2D eigenvalue weighted by Gasteiger charge is -2.15. The van der Waals surface area contributed by atoms with E-state index in [2.05, 4.69) is 15.7 Å². The summed E-state index contributed by atoms with van der Waals surface area (Å²) in [6.45, 7) is 2.51. The molecule has 1 unspecified atom stereocenters. The standard InChI is InChI=1S/C17H18N4OS/c1-13(20-17(22)18-11-14-7-10-23-12-14)15-3-5-16(6-4-15)21-9-2-8-19-21/h2-10,12-13H,11H2,1H3,(H2,18,20,22). The molecule has 2 amide bonds. The fraction of sp³-hybridized carbons (Fsp3) is 0.176. The Morgan fingerprint density at radius 2 is 2.13 bits per heavy atom. The molecule has 2 N–H and O–H groups in total. The van der Waals surface area contributed by atoms with E-state index in [-0.39, 0.29) is 12.1 Å². The Hall–Kier alpha value is -2.60. The quantitative estimate of drug-likeness (QED) is 0.754. The SMILES string of the molecule is CC(NC(=O)NCc1ccsc1)c1ccc(-n2cccn2)cc1. The average Bonchev–Trinajstić information content (AvgIpc) is 3.26. The average molecular weight is 326 g/mol. The molecule has 0 saturated carbocycles. The number of nitrogens with zero attached hydrogens (tertiary/aromatic N) is 2. The number of urea groups is 1. The minimum absolute atomic E-state index is 0.0656. The molecular weight excluding hydrogens is 308 g/mol. The second-order valence-corrected chi connectivity index (χ2v) is 6.00. The normalized spacial score (nSPS) is 11.9. The number of nitrogens with one attached hydrogen (secondary N) is 2. The van der Waals surface area contributed by atoms with Gasteiger partial charge in [0.2, 0.25) is 0 Å². The van der Waals surface area contributed by atoms with Crippen LogP contribution in [0, 0.1) is 0 Å². The van der Waals surface area contributed by atoms with Crippen molar-refractivity contribution < 1.29 is 4.79 Å². The van der Waals surface area contributed by atoms with Crippen molar-refractivity contribution in [3.63, 3.8) is 0 Å². The summed E-state index contributed by atoms with van der Waals surface area (Å²) in [5, 5.41) is 14.0. The van der Waals surface area contributed by atoms with Crippen molar-refractivity contribution in [2.75, 3.05) is 0 Å². The number of rotatable bonds is 5. The van der Waals surface area contributed by atoms with Gasteiger partial charge in [-0.1, -0.05) is 12.1 Å². The smallest absolute Gasteiger partial charge is 0.315 e. The first kappa shape index (κ1) is 15.3. The highest BCUT2D eigenvalue weighted by Crippen LogP contribution is 2.15. The molecule has 1 aromatic carbocycles. The Kier molecular flexibility index (Phi) is 4.73. The largest absolute Gasteiger partial charge is 0.334 e. The van der Waals surface area contributed by atoms with Gasteiger partial charge in [0.25, 0.3) is 0 Å². The van der Waals surface area contributed by atoms with Gasteiger partial charge in [0.15, 0.2) is 0 Å². The van der Waals surface area contributed by atoms with Crippen LogP contribution in [0.15, 0.2) is 59.6 Å². The number of hydrogen-bond donors (Lipinski definition) is 2. The van der Waals surface area contributed by atoms with Gasteiger partial charge in [-0.05, 0) is 53.1 Å². The van der Waals surface area contributed by atoms with Crippen LogP contribution >= 0.6 is 11.3 Å². The number of amides is 2. The Morgan fingerprint density at radius 3 is 2.78 bits per heavy atom. The van der Waals surface area contributed by atoms with E-state index in [0.29, 0.717) is 6.54 Å². The topological polar surface area (TPSA) is 59.0 Å². The molecule has 0 saturated heterocycles. The number of carbonyl (C=O) groups is 1. The van der Waals surface area contributed by atoms with Gasteiger partial charge in [-0.2, -0.15) is 16.4 Å². The zero-order valence-corrected chi connectivity index (χ0v) is 13.6. The maximum absolute atomic E-state index is 11.9. The molecule has 0 fully saturated rings. The third-order valence-corrected chi connectivity index (χ3v) is 4.27. The Morgan fingerprint density at radius 1 is 1.30 bits per heavy atom. The van der Waals surface area contributed by atoms with Crippen molar-refractivity contribution >= 4 is 17.4 Å². The van der Waals surface area contributed by atoms with E-state index in [0.717, 1.165) is 16.8 Å². The Bertz CT molecular complexity index is 736. The fourth-order valence-corrected chi connectivity index (χ4v) is 2.91. The van der Waals surface area contributed by atoms with Crippen LogP contribution in [-0.4, -0.2) is 15.8 Å². The van der Waals surface area contributed by atoms with Gasteiger partial charge in [0, 0.05) is 18.9 Å². The minimum Gasteiger partial charge on any atom is -0.334 e. The summed E-state index contributed by atoms with van der Waals surface area (Å²) in [6.07, 6.45) is 3.64. The Balaban J connectivity index is 1.55. The fourth-order valence-electron chi connectivity index (χ4n) is 2.24. The molecule has 0 aliphatic carbocycles. The van der Waals surface area contributed by atoms with Gasteiger partial charge in [-0.15, -0.1) is 0 Å². The second kappa shape index (κ2) is 7.11. The summed E-state index contributed by atoms with van der Waals surface area (Å²) in [5.74, 6) is 0. The molecule has 5 nitrogen and oxygen atoms in total. The number of hydrogen-bond acceptors (Lipinski definition) is 3. The summed E-state index contributed by atoms with van der Waals surface area (Å²) in [7, 11) is 0. The highest BCUT2D eigenvalue weighted by atomic mass is 32.1. The summed E-state index contributed by atoms with van der Waals surface area (Å²) in [5.41, 5.74) is 3.15. The number of benzene rings is 1. The third kappa shape index (κ3) is 3.98. The van der Waals surface area contributed by atoms with E-state index in [1.807, 2.05) is 60.3 Å². The molecular formula is C17H18N4OS. The van der Waals surface area contributed by atoms with Crippen LogP contribution < -0.4 is 10.6 Å². The van der Waals surface area contributed by atoms with Crippen molar-refractivity contribution in [2.45, 2.75) is 19.5 Å². The van der Waals surface area contributed by atoms with Crippen LogP contribution in [-0.2, 0) is 6.54 Å². The van der Waals surface area contributed by atoms with Crippen LogP contribution in [0.4, 0.5) is 4.79 Å². The highest BCUT2D eigenvalue weighted by Gasteiger charge is 2.09. The van der Waals surface area contributed by atoms with Gasteiger partial charge >= 0.3 is 6.03 Å². The van der Waals surface area contributed by atoms with Gasteiger partial charge in [-0.3, -0.25) is 0 Å². The zero-order chi connectivity index (χ0) is 16.1. The van der Waals surface area contributed by atoms with E-state index < -0.39 is 0 Å². The first-order chi connectivity index (χ1) is 11.2. The molecule has 0 spiro atoms. The number of thiophene rings is 1. The van der Waals surface area contributed by atoms with Crippen molar-refractivity contribution in [2.24, 2.45) is 0 Å². The van der Waals surface area contributed by atoms with Crippen LogP contribution in [0.2, 0.25) is 0 Å². The molecule has 118 valence electrons. The van der Waals surface area contributed by atoms with E-state index in [4.69, 9.17) is 0 Å². The predicted octanol–water partition coefficient (Wildman–Crippen LogP) is 3.49. The van der Waals surface area contributed by atoms with Crippen LogP contribution in [0.25, 0.3) is 5.69 Å². The second-order valence-electron chi connectivity index (χ2n) is 5.22. The van der Waals surface area contributed by atoms with Crippen LogP contribution in [0.5, 0.6) is 0 Å². The molecule has 2 aromatic heterocycles. The van der Waals surface area contributed by atoms with Crippen molar-refractivity contribution in [3.05, 3.63) is 70.7 Å². The summed E-state index contributed by atoms with van der Waals surface area (Å²) < 4.78 is 1.80. The molecule has 23 heavy (non-hydrogen) atoms. The van der Waals surface area contributed by atoms with Crippen molar-refractivity contribution in [1.82, 2.24) is 20.4 Å². The van der Waals surface area contributed by atoms with Gasteiger partial charge in [-0.25, -0.2) is 9.48 Å². The van der Waals surface area contributed by atoms with Crippen molar-refractivity contribution in [3.8, 4) is 5.69 Å². The first-order valence-electron chi connectivity index (χ1n) is 7.38. The predicted molar refractivity (Wildman–Crippen MR) is 91.7 cm³/mol. The molecule has 0 radical (unpaired) electrons. The molecule has 0 bridgehead atoms. The zero-order valence-electron chi connectivity index (χ0n) is 12.8. The van der Waals surface area contributed by atoms with E-state index in [1.54, 1.807) is 22.2 Å². The van der Waals surface area contributed by atoms with Crippen molar-refractivity contribution in [1.29, 1.82) is 0 Å². The lowest BCUT2D eigenvalue weighted by atomic mass is 10.1. The lowest BCUT2D eigenvalue weighted by Crippen LogP contribution is -2.36. The monoisotopic (exact) mass is 326 g/mol. The third-order valence-electron chi connectivity index (χ3n) is 3.54. The highest BCUT2D eigenvalue weighted by molar-refractivity contribution is 7.07. The molecule has 0 aliphatic heterocycles. The molecule has 1 atom stereocenters. The minimum atomic E-state index is -0.167. The Labute approximate surface area is 139 Å². The van der Waals surface area contributed by atoms with Crippen LogP contribution in [0.1, 0.15) is 24.1 Å². The maximum Gasteiger partial charge on any atom is 0.315 e.